The zero-order valence-electron chi connectivity index (χ0n) is 9.61. The Morgan fingerprint density at radius 3 is 2.67 bits per heavy atom. The Hall–Kier alpha value is -0.860. The lowest BCUT2D eigenvalue weighted by atomic mass is 10.0. The Morgan fingerprint density at radius 1 is 1.27 bits per heavy atom. The van der Waals surface area contributed by atoms with Crippen LogP contribution in [0, 0.1) is 0 Å². The molecule has 0 amide bonds. The average Bonchev–Trinajstić information content (AvgIpc) is 2.30. The summed E-state index contributed by atoms with van der Waals surface area (Å²) < 4.78 is 0. The maximum atomic E-state index is 3.48. The maximum Gasteiger partial charge on any atom is 0.0475 e. The number of benzene rings is 1. The zero-order chi connectivity index (χ0) is 10.7. The van der Waals surface area contributed by atoms with Gasteiger partial charge in [-0.25, -0.2) is 0 Å². The SMILES string of the molecule is CC(C)N1CCNC[C@@H]1c1ccccc1. The van der Waals surface area contributed by atoms with Gasteiger partial charge in [0.1, 0.15) is 0 Å². The van der Waals surface area contributed by atoms with Gasteiger partial charge in [0.05, 0.1) is 0 Å². The Kier molecular flexibility index (Phi) is 3.39. The van der Waals surface area contributed by atoms with E-state index in [1.165, 1.54) is 5.56 Å². The highest BCUT2D eigenvalue weighted by Crippen LogP contribution is 2.23. The minimum absolute atomic E-state index is 0.542. The first-order valence-corrected chi connectivity index (χ1v) is 5.80. The first kappa shape index (κ1) is 10.7. The van der Waals surface area contributed by atoms with Crippen LogP contribution in [0.2, 0.25) is 0 Å². The third-order valence-corrected chi connectivity index (χ3v) is 3.13. The van der Waals surface area contributed by atoms with Crippen molar-refractivity contribution in [2.24, 2.45) is 0 Å². The van der Waals surface area contributed by atoms with Crippen LogP contribution >= 0.6 is 0 Å². The minimum Gasteiger partial charge on any atom is -0.314 e. The van der Waals surface area contributed by atoms with Crippen molar-refractivity contribution in [1.29, 1.82) is 0 Å². The van der Waals surface area contributed by atoms with Gasteiger partial charge in [-0.05, 0) is 19.4 Å². The van der Waals surface area contributed by atoms with E-state index in [4.69, 9.17) is 0 Å². The van der Waals surface area contributed by atoms with Gasteiger partial charge >= 0.3 is 0 Å². The van der Waals surface area contributed by atoms with Crippen LogP contribution in [0.4, 0.5) is 0 Å². The molecule has 1 saturated heterocycles. The van der Waals surface area contributed by atoms with Gasteiger partial charge in [0.2, 0.25) is 0 Å². The topological polar surface area (TPSA) is 15.3 Å². The molecular weight excluding hydrogens is 184 g/mol. The Morgan fingerprint density at radius 2 is 2.00 bits per heavy atom. The van der Waals surface area contributed by atoms with E-state index in [1.807, 2.05) is 0 Å². The molecule has 0 saturated carbocycles. The molecule has 0 spiro atoms. The van der Waals surface area contributed by atoms with Crippen LogP contribution in [0.5, 0.6) is 0 Å². The summed E-state index contributed by atoms with van der Waals surface area (Å²) in [5, 5.41) is 3.48. The van der Waals surface area contributed by atoms with Crippen molar-refractivity contribution >= 4 is 0 Å². The molecular formula is C13H20N2. The Balaban J connectivity index is 2.18. The van der Waals surface area contributed by atoms with Crippen LogP contribution in [0.1, 0.15) is 25.5 Å². The standard InChI is InChI=1S/C13H20N2/c1-11(2)15-9-8-14-10-13(15)12-6-4-3-5-7-12/h3-7,11,13-14H,8-10H2,1-2H3/t13-/m1/s1. The van der Waals surface area contributed by atoms with Gasteiger partial charge in [0.25, 0.3) is 0 Å². The molecule has 0 bridgehead atoms. The molecule has 0 radical (unpaired) electrons. The van der Waals surface area contributed by atoms with Crippen LogP contribution in [-0.2, 0) is 0 Å². The van der Waals surface area contributed by atoms with Gasteiger partial charge in [-0.1, -0.05) is 30.3 Å². The van der Waals surface area contributed by atoms with Crippen LogP contribution in [0.3, 0.4) is 0 Å². The maximum absolute atomic E-state index is 3.48. The number of hydrogen-bond acceptors (Lipinski definition) is 2. The summed E-state index contributed by atoms with van der Waals surface area (Å²) in [6, 6.07) is 12.0. The second kappa shape index (κ2) is 4.77. The van der Waals surface area contributed by atoms with Gasteiger partial charge in [0.15, 0.2) is 0 Å². The third kappa shape index (κ3) is 2.39. The molecule has 1 fully saturated rings. The summed E-state index contributed by atoms with van der Waals surface area (Å²) in [7, 11) is 0. The third-order valence-electron chi connectivity index (χ3n) is 3.13. The van der Waals surface area contributed by atoms with Crippen LogP contribution < -0.4 is 5.32 Å². The summed E-state index contributed by atoms with van der Waals surface area (Å²) in [4.78, 5) is 2.58. The van der Waals surface area contributed by atoms with E-state index in [0.29, 0.717) is 12.1 Å². The van der Waals surface area contributed by atoms with E-state index >= 15 is 0 Å². The van der Waals surface area contributed by atoms with E-state index in [2.05, 4.69) is 54.4 Å². The van der Waals surface area contributed by atoms with E-state index in [9.17, 15) is 0 Å². The monoisotopic (exact) mass is 204 g/mol. The van der Waals surface area contributed by atoms with E-state index in [1.54, 1.807) is 0 Å². The number of piperazine rings is 1. The first-order chi connectivity index (χ1) is 7.29. The van der Waals surface area contributed by atoms with Crippen molar-refractivity contribution in [2.45, 2.75) is 25.9 Å². The van der Waals surface area contributed by atoms with Gasteiger partial charge in [-0.3, -0.25) is 4.90 Å². The van der Waals surface area contributed by atoms with E-state index in [-0.39, 0.29) is 0 Å². The highest BCUT2D eigenvalue weighted by atomic mass is 15.2. The molecule has 0 unspecified atom stereocenters. The van der Waals surface area contributed by atoms with Crippen molar-refractivity contribution in [1.82, 2.24) is 10.2 Å². The van der Waals surface area contributed by atoms with Crippen molar-refractivity contribution in [3.63, 3.8) is 0 Å². The fourth-order valence-corrected chi connectivity index (χ4v) is 2.32. The lowest BCUT2D eigenvalue weighted by molar-refractivity contribution is 0.124. The second-order valence-corrected chi connectivity index (χ2v) is 4.46. The molecule has 2 heteroatoms. The highest BCUT2D eigenvalue weighted by Gasteiger charge is 2.25. The largest absolute Gasteiger partial charge is 0.314 e. The summed E-state index contributed by atoms with van der Waals surface area (Å²) in [5.74, 6) is 0. The number of nitrogens with one attached hydrogen (secondary N) is 1. The van der Waals surface area contributed by atoms with Gasteiger partial charge in [-0.15, -0.1) is 0 Å². The summed E-state index contributed by atoms with van der Waals surface area (Å²) in [6.45, 7) is 7.89. The molecule has 1 heterocycles. The molecule has 1 N–H and O–H groups in total. The van der Waals surface area contributed by atoms with E-state index in [0.717, 1.165) is 19.6 Å². The minimum atomic E-state index is 0.542. The second-order valence-electron chi connectivity index (χ2n) is 4.46. The normalized spacial score (nSPS) is 23.3. The molecule has 1 aliphatic heterocycles. The number of hydrogen-bond donors (Lipinski definition) is 1. The van der Waals surface area contributed by atoms with Crippen molar-refractivity contribution in [3.8, 4) is 0 Å². The summed E-state index contributed by atoms with van der Waals surface area (Å²) in [6.07, 6.45) is 0. The van der Waals surface area contributed by atoms with E-state index < -0.39 is 0 Å². The van der Waals surface area contributed by atoms with Gasteiger partial charge < -0.3 is 5.32 Å². The lowest BCUT2D eigenvalue weighted by Gasteiger charge is -2.39. The van der Waals surface area contributed by atoms with Gasteiger partial charge in [0, 0.05) is 31.7 Å². The molecule has 0 aromatic heterocycles. The smallest absolute Gasteiger partial charge is 0.0475 e. The molecule has 1 aromatic rings. The molecule has 82 valence electrons. The fraction of sp³-hybridized carbons (Fsp3) is 0.538. The molecule has 2 nitrogen and oxygen atoms in total. The van der Waals surface area contributed by atoms with Crippen molar-refractivity contribution in [2.75, 3.05) is 19.6 Å². The number of nitrogens with zero attached hydrogens (tertiary/aromatic N) is 1. The first-order valence-electron chi connectivity index (χ1n) is 5.80. The van der Waals surface area contributed by atoms with Crippen molar-refractivity contribution in [3.05, 3.63) is 35.9 Å². The van der Waals surface area contributed by atoms with Crippen LogP contribution in [-0.4, -0.2) is 30.6 Å². The average molecular weight is 204 g/mol. The fourth-order valence-electron chi connectivity index (χ4n) is 2.32. The summed E-state index contributed by atoms with van der Waals surface area (Å²) >= 11 is 0. The molecule has 1 atom stereocenters. The molecule has 2 rings (SSSR count). The quantitative estimate of drug-likeness (QED) is 0.793. The predicted octanol–water partition coefficient (Wildman–Crippen LogP) is 2.04. The molecule has 0 aliphatic carbocycles. The molecule has 1 aromatic carbocycles. The molecule has 1 aliphatic rings. The van der Waals surface area contributed by atoms with Crippen LogP contribution in [0.15, 0.2) is 30.3 Å². The number of rotatable bonds is 2. The summed E-state index contributed by atoms with van der Waals surface area (Å²) in [5.41, 5.74) is 1.43. The Bertz CT molecular complexity index is 295. The van der Waals surface area contributed by atoms with Crippen LogP contribution in [0.25, 0.3) is 0 Å². The van der Waals surface area contributed by atoms with Gasteiger partial charge in [-0.2, -0.15) is 0 Å². The molecule has 15 heavy (non-hydrogen) atoms. The predicted molar refractivity (Wildman–Crippen MR) is 63.9 cm³/mol. The van der Waals surface area contributed by atoms with Crippen molar-refractivity contribution < 1.29 is 0 Å². The lowest BCUT2D eigenvalue weighted by Crippen LogP contribution is -2.48. The Labute approximate surface area is 92.3 Å². The zero-order valence-corrected chi connectivity index (χ0v) is 9.61. The highest BCUT2D eigenvalue weighted by molar-refractivity contribution is 5.20.